The highest BCUT2D eigenvalue weighted by molar-refractivity contribution is 5.68. The highest BCUT2D eigenvalue weighted by Crippen LogP contribution is 2.28. The fourth-order valence-electron chi connectivity index (χ4n) is 3.09. The number of esters is 1. The average Bonchev–Trinajstić information content (AvgIpc) is 3.34. The number of epoxide rings is 1. The van der Waals surface area contributed by atoms with Crippen molar-refractivity contribution >= 4 is 5.97 Å². The minimum Gasteiger partial charge on any atom is -0.469 e. The quantitative estimate of drug-likeness (QED) is 0.151. The Morgan fingerprint density at radius 2 is 1.58 bits per heavy atom. The summed E-state index contributed by atoms with van der Waals surface area (Å²) in [6.45, 7) is 2.27. The molecule has 0 N–H and O–H groups in total. The minimum atomic E-state index is -0.122. The second-order valence-corrected chi connectivity index (χ2v) is 7.01. The summed E-state index contributed by atoms with van der Waals surface area (Å²) < 4.78 is 10.2. The van der Waals surface area contributed by atoms with Gasteiger partial charge in [0, 0.05) is 6.42 Å². The van der Waals surface area contributed by atoms with Gasteiger partial charge in [-0.05, 0) is 25.7 Å². The molecule has 0 aromatic carbocycles. The monoisotopic (exact) mass is 338 g/mol. The Balaban J connectivity index is 1.80. The van der Waals surface area contributed by atoms with Crippen molar-refractivity contribution in [3.05, 3.63) is 12.2 Å². The first kappa shape index (κ1) is 21.2. The number of hydrogen-bond acceptors (Lipinski definition) is 3. The van der Waals surface area contributed by atoms with Crippen LogP contribution in [0.1, 0.15) is 96.8 Å². The molecule has 1 rings (SSSR count). The maximum Gasteiger partial charge on any atom is 0.305 e. The van der Waals surface area contributed by atoms with E-state index in [9.17, 15) is 4.79 Å². The molecule has 2 unspecified atom stereocenters. The van der Waals surface area contributed by atoms with Gasteiger partial charge in [0.2, 0.25) is 0 Å². The summed E-state index contributed by atoms with van der Waals surface area (Å²) in [6, 6.07) is 0. The standard InChI is InChI=1S/C21H38O3/c1-3-4-5-6-7-8-9-10-11-12-13-14-16-19-20(24-19)17-15-18-21(22)23-2/h14,16,19-20H,3-13,15,17-18H2,1-2H3. The third-order valence-electron chi connectivity index (χ3n) is 4.77. The van der Waals surface area contributed by atoms with E-state index in [0.29, 0.717) is 18.6 Å². The van der Waals surface area contributed by atoms with Crippen molar-refractivity contribution in [1.82, 2.24) is 0 Å². The Morgan fingerprint density at radius 1 is 0.958 bits per heavy atom. The van der Waals surface area contributed by atoms with Crippen LogP contribution in [0.4, 0.5) is 0 Å². The van der Waals surface area contributed by atoms with Gasteiger partial charge < -0.3 is 9.47 Å². The second-order valence-electron chi connectivity index (χ2n) is 7.01. The molecule has 0 saturated carbocycles. The van der Waals surface area contributed by atoms with E-state index in [-0.39, 0.29) is 5.97 Å². The van der Waals surface area contributed by atoms with Crippen molar-refractivity contribution in [1.29, 1.82) is 0 Å². The number of methoxy groups -OCH3 is 1. The SMILES string of the molecule is CCCCCCCCCCCCC=CC1OC1CCCC(=O)OC. The lowest BCUT2D eigenvalue weighted by molar-refractivity contribution is -0.140. The molecule has 0 bridgehead atoms. The van der Waals surface area contributed by atoms with E-state index in [1.165, 1.54) is 77.7 Å². The van der Waals surface area contributed by atoms with Crippen LogP contribution in [0.15, 0.2) is 12.2 Å². The van der Waals surface area contributed by atoms with Crippen molar-refractivity contribution in [3.63, 3.8) is 0 Å². The summed E-state index contributed by atoms with van der Waals surface area (Å²) in [6.07, 6.45) is 22.5. The molecule has 140 valence electrons. The van der Waals surface area contributed by atoms with E-state index in [4.69, 9.17) is 4.74 Å². The number of carbonyl (C=O) groups is 1. The minimum absolute atomic E-state index is 0.122. The Kier molecular flexibility index (Phi) is 12.8. The molecule has 3 heteroatoms. The molecular weight excluding hydrogens is 300 g/mol. The van der Waals surface area contributed by atoms with Gasteiger partial charge in [-0.3, -0.25) is 4.79 Å². The van der Waals surface area contributed by atoms with Crippen molar-refractivity contribution < 1.29 is 14.3 Å². The van der Waals surface area contributed by atoms with Crippen LogP contribution in [-0.4, -0.2) is 25.3 Å². The fourth-order valence-corrected chi connectivity index (χ4v) is 3.09. The number of carbonyl (C=O) groups excluding carboxylic acids is 1. The molecule has 1 aliphatic rings. The number of unbranched alkanes of at least 4 members (excludes halogenated alkanes) is 10. The first-order valence-corrected chi connectivity index (χ1v) is 10.2. The van der Waals surface area contributed by atoms with Gasteiger partial charge in [-0.25, -0.2) is 0 Å². The lowest BCUT2D eigenvalue weighted by Crippen LogP contribution is -2.01. The van der Waals surface area contributed by atoms with Crippen LogP contribution in [0.5, 0.6) is 0 Å². The number of rotatable bonds is 16. The maximum absolute atomic E-state index is 11.0. The maximum atomic E-state index is 11.0. The molecule has 0 spiro atoms. The molecule has 0 aliphatic carbocycles. The summed E-state index contributed by atoms with van der Waals surface area (Å²) in [7, 11) is 1.44. The highest BCUT2D eigenvalue weighted by Gasteiger charge is 2.35. The highest BCUT2D eigenvalue weighted by atomic mass is 16.6. The molecule has 1 saturated heterocycles. The molecule has 1 aliphatic heterocycles. The zero-order valence-corrected chi connectivity index (χ0v) is 15.9. The van der Waals surface area contributed by atoms with Gasteiger partial charge in [0.05, 0.1) is 13.2 Å². The Hall–Kier alpha value is -0.830. The lowest BCUT2D eigenvalue weighted by Gasteiger charge is -2.01. The first-order valence-electron chi connectivity index (χ1n) is 10.2. The van der Waals surface area contributed by atoms with E-state index in [2.05, 4.69) is 23.8 Å². The smallest absolute Gasteiger partial charge is 0.305 e. The van der Waals surface area contributed by atoms with Gasteiger partial charge in [-0.2, -0.15) is 0 Å². The number of allylic oxidation sites excluding steroid dienone is 1. The van der Waals surface area contributed by atoms with Crippen LogP contribution in [-0.2, 0) is 14.3 Å². The van der Waals surface area contributed by atoms with Crippen LogP contribution in [0.3, 0.4) is 0 Å². The van der Waals surface area contributed by atoms with Crippen molar-refractivity contribution in [3.8, 4) is 0 Å². The third kappa shape index (κ3) is 11.7. The molecule has 2 atom stereocenters. The number of ether oxygens (including phenoxy) is 2. The Labute approximate surface area is 149 Å². The van der Waals surface area contributed by atoms with E-state index < -0.39 is 0 Å². The molecule has 1 heterocycles. The van der Waals surface area contributed by atoms with E-state index in [0.717, 1.165) is 12.8 Å². The molecular formula is C21H38O3. The lowest BCUT2D eigenvalue weighted by atomic mass is 10.1. The topological polar surface area (TPSA) is 38.8 Å². The normalized spacial score (nSPS) is 19.8. The Morgan fingerprint density at radius 3 is 2.21 bits per heavy atom. The first-order chi connectivity index (χ1) is 11.8. The van der Waals surface area contributed by atoms with E-state index >= 15 is 0 Å². The summed E-state index contributed by atoms with van der Waals surface area (Å²) in [5, 5.41) is 0. The molecule has 0 amide bonds. The second kappa shape index (κ2) is 14.5. The van der Waals surface area contributed by atoms with Gasteiger partial charge >= 0.3 is 5.97 Å². The average molecular weight is 339 g/mol. The van der Waals surface area contributed by atoms with Crippen LogP contribution in [0, 0.1) is 0 Å². The van der Waals surface area contributed by atoms with Gasteiger partial charge in [-0.15, -0.1) is 0 Å². The summed E-state index contributed by atoms with van der Waals surface area (Å²) >= 11 is 0. The van der Waals surface area contributed by atoms with Crippen LogP contribution in [0.25, 0.3) is 0 Å². The van der Waals surface area contributed by atoms with Crippen molar-refractivity contribution in [2.24, 2.45) is 0 Å². The largest absolute Gasteiger partial charge is 0.469 e. The zero-order chi connectivity index (χ0) is 17.5. The predicted octanol–water partition coefficient (Wildman–Crippen LogP) is 5.96. The molecule has 3 nitrogen and oxygen atoms in total. The third-order valence-corrected chi connectivity index (χ3v) is 4.77. The van der Waals surface area contributed by atoms with Gasteiger partial charge in [0.25, 0.3) is 0 Å². The Bertz CT molecular complexity index is 338. The molecule has 0 aromatic heterocycles. The molecule has 0 radical (unpaired) electrons. The van der Waals surface area contributed by atoms with E-state index in [1.807, 2.05) is 0 Å². The van der Waals surface area contributed by atoms with Crippen LogP contribution in [0.2, 0.25) is 0 Å². The van der Waals surface area contributed by atoms with E-state index in [1.54, 1.807) is 0 Å². The van der Waals surface area contributed by atoms with Crippen LogP contribution < -0.4 is 0 Å². The molecule has 1 fully saturated rings. The summed E-state index contributed by atoms with van der Waals surface area (Å²) in [5.41, 5.74) is 0. The van der Waals surface area contributed by atoms with Gasteiger partial charge in [0.15, 0.2) is 0 Å². The number of hydrogen-bond donors (Lipinski definition) is 0. The van der Waals surface area contributed by atoms with Gasteiger partial charge in [0.1, 0.15) is 6.10 Å². The van der Waals surface area contributed by atoms with Gasteiger partial charge in [-0.1, -0.05) is 76.9 Å². The zero-order valence-electron chi connectivity index (χ0n) is 15.9. The summed E-state index contributed by atoms with van der Waals surface area (Å²) in [4.78, 5) is 11.0. The predicted molar refractivity (Wildman–Crippen MR) is 100 cm³/mol. The van der Waals surface area contributed by atoms with Crippen molar-refractivity contribution in [2.75, 3.05) is 7.11 Å². The molecule has 0 aromatic rings. The van der Waals surface area contributed by atoms with Crippen molar-refractivity contribution in [2.45, 2.75) is 109 Å². The molecule has 24 heavy (non-hydrogen) atoms. The fraction of sp³-hybridized carbons (Fsp3) is 0.857. The summed E-state index contributed by atoms with van der Waals surface area (Å²) in [5.74, 6) is -0.122. The van der Waals surface area contributed by atoms with Crippen LogP contribution >= 0.6 is 0 Å².